The number of anilines is 2. The quantitative estimate of drug-likeness (QED) is 0.802. The van der Waals surface area contributed by atoms with E-state index < -0.39 is 12.2 Å². The van der Waals surface area contributed by atoms with Gasteiger partial charge in [-0.05, 0) is 12.1 Å². The highest BCUT2D eigenvalue weighted by molar-refractivity contribution is 6.03. The van der Waals surface area contributed by atoms with E-state index in [4.69, 9.17) is 4.74 Å². The van der Waals surface area contributed by atoms with Crippen molar-refractivity contribution in [2.45, 2.75) is 12.2 Å². The fourth-order valence-corrected chi connectivity index (χ4v) is 2.39. The molecule has 2 rings (SSSR count). The monoisotopic (exact) mass is 280 g/mol. The van der Waals surface area contributed by atoms with E-state index in [1.165, 1.54) is 4.90 Å². The molecule has 1 heterocycles. The van der Waals surface area contributed by atoms with Crippen LogP contribution in [0.4, 0.5) is 11.4 Å². The zero-order valence-corrected chi connectivity index (χ0v) is 11.9. The van der Waals surface area contributed by atoms with Gasteiger partial charge in [-0.3, -0.25) is 4.79 Å². The Labute approximate surface area is 118 Å². The summed E-state index contributed by atoms with van der Waals surface area (Å²) >= 11 is 0. The third-order valence-corrected chi connectivity index (χ3v) is 3.52. The third-order valence-electron chi connectivity index (χ3n) is 3.52. The standard InChI is InChI=1S/C14H20N2O4/c1-15(7-10(17)8-20-3)9-4-5-11-12(6-9)16(2)14(19)13(11)18/h4-6,10,13,17-18H,7-8H2,1-3H3. The van der Waals surface area contributed by atoms with Crippen molar-refractivity contribution in [2.24, 2.45) is 0 Å². The van der Waals surface area contributed by atoms with Crippen molar-refractivity contribution >= 4 is 17.3 Å². The van der Waals surface area contributed by atoms with Crippen LogP contribution in [0.1, 0.15) is 11.7 Å². The molecule has 2 atom stereocenters. The van der Waals surface area contributed by atoms with Crippen LogP contribution in [0.2, 0.25) is 0 Å². The third kappa shape index (κ3) is 2.63. The van der Waals surface area contributed by atoms with Crippen molar-refractivity contribution < 1.29 is 19.7 Å². The van der Waals surface area contributed by atoms with E-state index in [1.807, 2.05) is 24.1 Å². The fourth-order valence-electron chi connectivity index (χ4n) is 2.39. The van der Waals surface area contributed by atoms with Crippen molar-refractivity contribution in [3.8, 4) is 0 Å². The van der Waals surface area contributed by atoms with E-state index in [0.717, 1.165) is 5.69 Å². The summed E-state index contributed by atoms with van der Waals surface area (Å²) in [5.74, 6) is -0.320. The van der Waals surface area contributed by atoms with E-state index >= 15 is 0 Å². The highest BCUT2D eigenvalue weighted by Crippen LogP contribution is 2.37. The maximum absolute atomic E-state index is 11.7. The summed E-state index contributed by atoms with van der Waals surface area (Å²) in [4.78, 5) is 15.0. The Balaban J connectivity index is 2.18. The first-order valence-electron chi connectivity index (χ1n) is 6.43. The van der Waals surface area contributed by atoms with Gasteiger partial charge in [-0.25, -0.2) is 0 Å². The maximum Gasteiger partial charge on any atom is 0.260 e. The van der Waals surface area contributed by atoms with E-state index in [9.17, 15) is 15.0 Å². The number of nitrogens with zero attached hydrogens (tertiary/aromatic N) is 2. The van der Waals surface area contributed by atoms with Crippen LogP contribution in [0.5, 0.6) is 0 Å². The number of benzene rings is 1. The lowest BCUT2D eigenvalue weighted by atomic mass is 10.1. The Morgan fingerprint density at radius 1 is 1.50 bits per heavy atom. The Bertz CT molecular complexity index is 506. The number of rotatable bonds is 5. The van der Waals surface area contributed by atoms with E-state index in [0.29, 0.717) is 17.8 Å². The molecule has 1 aromatic carbocycles. The number of methoxy groups -OCH3 is 1. The number of fused-ring (bicyclic) bond motifs is 1. The summed E-state index contributed by atoms with van der Waals surface area (Å²) in [6.07, 6.45) is -1.66. The van der Waals surface area contributed by atoms with Gasteiger partial charge in [-0.15, -0.1) is 0 Å². The number of aliphatic hydroxyl groups is 2. The number of amides is 1. The van der Waals surface area contributed by atoms with Gasteiger partial charge in [0.25, 0.3) is 5.91 Å². The average molecular weight is 280 g/mol. The SMILES string of the molecule is COCC(O)CN(C)c1ccc2c(c1)N(C)C(=O)C2O. The van der Waals surface area contributed by atoms with Gasteiger partial charge in [-0.1, -0.05) is 6.07 Å². The summed E-state index contributed by atoms with van der Waals surface area (Å²) in [7, 11) is 5.04. The van der Waals surface area contributed by atoms with E-state index in [1.54, 1.807) is 20.2 Å². The summed E-state index contributed by atoms with van der Waals surface area (Å²) in [5, 5.41) is 19.5. The molecule has 0 saturated heterocycles. The number of likely N-dealkylation sites (N-methyl/N-ethyl adjacent to an activating group) is 2. The largest absolute Gasteiger partial charge is 0.389 e. The molecule has 6 heteroatoms. The van der Waals surface area contributed by atoms with Gasteiger partial charge in [0.2, 0.25) is 0 Å². The van der Waals surface area contributed by atoms with Gasteiger partial charge in [0.1, 0.15) is 0 Å². The average Bonchev–Trinajstić information content (AvgIpc) is 2.64. The molecule has 1 amide bonds. The van der Waals surface area contributed by atoms with Gasteiger partial charge in [-0.2, -0.15) is 0 Å². The maximum atomic E-state index is 11.7. The minimum absolute atomic E-state index is 0.270. The lowest BCUT2D eigenvalue weighted by Crippen LogP contribution is -2.32. The zero-order valence-electron chi connectivity index (χ0n) is 11.9. The topological polar surface area (TPSA) is 73.2 Å². The van der Waals surface area contributed by atoms with Crippen LogP contribution in [0, 0.1) is 0 Å². The second-order valence-electron chi connectivity index (χ2n) is 5.03. The molecule has 2 unspecified atom stereocenters. The number of ether oxygens (including phenoxy) is 1. The lowest BCUT2D eigenvalue weighted by Gasteiger charge is -2.23. The van der Waals surface area contributed by atoms with Crippen LogP contribution < -0.4 is 9.80 Å². The number of carbonyl (C=O) groups is 1. The highest BCUT2D eigenvalue weighted by atomic mass is 16.5. The van der Waals surface area contributed by atoms with Crippen molar-refractivity contribution in [1.82, 2.24) is 0 Å². The molecule has 0 fully saturated rings. The molecule has 0 aromatic heterocycles. The second-order valence-corrected chi connectivity index (χ2v) is 5.03. The lowest BCUT2D eigenvalue weighted by molar-refractivity contribution is -0.125. The minimum atomic E-state index is -1.08. The van der Waals surface area contributed by atoms with Crippen molar-refractivity contribution in [3.05, 3.63) is 23.8 Å². The fraction of sp³-hybridized carbons (Fsp3) is 0.500. The van der Waals surface area contributed by atoms with Gasteiger partial charge >= 0.3 is 0 Å². The van der Waals surface area contributed by atoms with Crippen molar-refractivity contribution in [1.29, 1.82) is 0 Å². The first kappa shape index (κ1) is 14.8. The molecule has 1 aliphatic rings. The van der Waals surface area contributed by atoms with E-state index in [2.05, 4.69) is 0 Å². The predicted molar refractivity (Wildman–Crippen MR) is 76.0 cm³/mol. The molecule has 110 valence electrons. The first-order valence-corrected chi connectivity index (χ1v) is 6.43. The van der Waals surface area contributed by atoms with Crippen LogP contribution >= 0.6 is 0 Å². The molecule has 0 spiro atoms. The number of carbonyl (C=O) groups excluding carboxylic acids is 1. The number of aliphatic hydroxyl groups excluding tert-OH is 2. The summed E-state index contributed by atoms with van der Waals surface area (Å²) in [6.45, 7) is 0.694. The highest BCUT2D eigenvalue weighted by Gasteiger charge is 2.33. The normalized spacial score (nSPS) is 19.1. The van der Waals surface area contributed by atoms with Crippen LogP contribution in [0.15, 0.2) is 18.2 Å². The molecule has 0 bridgehead atoms. The molecule has 6 nitrogen and oxygen atoms in total. The van der Waals surface area contributed by atoms with Crippen molar-refractivity contribution in [2.75, 3.05) is 44.2 Å². The minimum Gasteiger partial charge on any atom is -0.389 e. The summed E-state index contributed by atoms with van der Waals surface area (Å²) < 4.78 is 4.90. The first-order chi connectivity index (χ1) is 9.45. The van der Waals surface area contributed by atoms with Gasteiger partial charge in [0.05, 0.1) is 18.4 Å². The molecule has 2 N–H and O–H groups in total. The predicted octanol–water partition coefficient (Wildman–Crippen LogP) is 0.140. The summed E-state index contributed by atoms with van der Waals surface area (Å²) in [5.41, 5.74) is 2.19. The smallest absolute Gasteiger partial charge is 0.260 e. The second kappa shape index (κ2) is 5.78. The van der Waals surface area contributed by atoms with Crippen LogP contribution in [0.25, 0.3) is 0 Å². The Morgan fingerprint density at radius 3 is 2.85 bits per heavy atom. The molecule has 1 aliphatic heterocycles. The molecular formula is C14H20N2O4. The molecular weight excluding hydrogens is 260 g/mol. The molecule has 20 heavy (non-hydrogen) atoms. The van der Waals surface area contributed by atoms with Crippen LogP contribution in [-0.4, -0.2) is 56.6 Å². The number of hydrogen-bond donors (Lipinski definition) is 2. The Hall–Kier alpha value is -1.63. The molecule has 0 radical (unpaired) electrons. The van der Waals surface area contributed by atoms with Gasteiger partial charge < -0.3 is 24.7 Å². The molecule has 0 aliphatic carbocycles. The van der Waals surface area contributed by atoms with Gasteiger partial charge in [0.15, 0.2) is 6.10 Å². The van der Waals surface area contributed by atoms with Crippen molar-refractivity contribution in [3.63, 3.8) is 0 Å². The Morgan fingerprint density at radius 2 is 2.20 bits per heavy atom. The molecule has 1 aromatic rings. The Kier molecular flexibility index (Phi) is 4.27. The van der Waals surface area contributed by atoms with Crippen LogP contribution in [0.3, 0.4) is 0 Å². The number of hydrogen-bond acceptors (Lipinski definition) is 5. The van der Waals surface area contributed by atoms with Crippen LogP contribution in [-0.2, 0) is 9.53 Å². The van der Waals surface area contributed by atoms with Gasteiger partial charge in [0, 0.05) is 39.0 Å². The zero-order chi connectivity index (χ0) is 14.9. The summed E-state index contributed by atoms with van der Waals surface area (Å²) in [6, 6.07) is 5.41. The van der Waals surface area contributed by atoms with E-state index in [-0.39, 0.29) is 12.5 Å². The molecule has 0 saturated carbocycles.